The standard InChI is InChI=1S/C8H7N5O4S2/c9-8-10-1-4(2-11-8)19(16,17)13-6-5(7(14)15)12-3-18-6/h1-3,13H,(H,14,15)(H2,9,10,11). The average Bonchev–Trinajstić information content (AvgIpc) is 2.77. The lowest BCUT2D eigenvalue weighted by Gasteiger charge is -2.05. The lowest BCUT2D eigenvalue weighted by atomic mass is 10.5. The fraction of sp³-hybridized carbons (Fsp3) is 0. The van der Waals surface area contributed by atoms with Crippen molar-refractivity contribution in [2.45, 2.75) is 4.90 Å². The quantitative estimate of drug-likeness (QED) is 0.715. The Morgan fingerprint density at radius 2 is 1.95 bits per heavy atom. The first-order valence-electron chi connectivity index (χ1n) is 4.67. The third-order valence-electron chi connectivity index (χ3n) is 1.96. The van der Waals surface area contributed by atoms with Crippen molar-refractivity contribution in [2.24, 2.45) is 0 Å². The van der Waals surface area contributed by atoms with E-state index in [0.717, 1.165) is 23.7 Å². The molecule has 0 aliphatic rings. The van der Waals surface area contributed by atoms with Crippen molar-refractivity contribution < 1.29 is 18.3 Å². The van der Waals surface area contributed by atoms with Crippen LogP contribution in [-0.4, -0.2) is 34.4 Å². The number of hydrogen-bond donors (Lipinski definition) is 3. The molecule has 0 radical (unpaired) electrons. The summed E-state index contributed by atoms with van der Waals surface area (Å²) in [4.78, 5) is 21.2. The van der Waals surface area contributed by atoms with Gasteiger partial charge in [0.2, 0.25) is 5.95 Å². The maximum Gasteiger partial charge on any atom is 0.357 e. The number of carbonyl (C=O) groups is 1. The van der Waals surface area contributed by atoms with Crippen LogP contribution in [-0.2, 0) is 10.0 Å². The SMILES string of the molecule is Nc1ncc(S(=O)(=O)Nc2scnc2C(=O)O)cn1. The monoisotopic (exact) mass is 301 g/mol. The van der Waals surface area contributed by atoms with Crippen molar-refractivity contribution >= 4 is 38.3 Å². The first-order valence-corrected chi connectivity index (χ1v) is 7.03. The molecule has 19 heavy (non-hydrogen) atoms. The molecular formula is C8H7N5O4S2. The molecule has 0 amide bonds. The van der Waals surface area contributed by atoms with Crippen molar-refractivity contribution in [1.82, 2.24) is 15.0 Å². The minimum atomic E-state index is -3.98. The van der Waals surface area contributed by atoms with Gasteiger partial charge in [0, 0.05) is 0 Å². The van der Waals surface area contributed by atoms with Gasteiger partial charge in [-0.1, -0.05) is 0 Å². The normalized spacial score (nSPS) is 11.2. The zero-order chi connectivity index (χ0) is 14.0. The zero-order valence-corrected chi connectivity index (χ0v) is 10.8. The summed E-state index contributed by atoms with van der Waals surface area (Å²) in [5.41, 5.74) is 6.10. The number of aromatic carboxylic acids is 1. The van der Waals surface area contributed by atoms with Gasteiger partial charge >= 0.3 is 5.97 Å². The van der Waals surface area contributed by atoms with Crippen LogP contribution in [0.15, 0.2) is 22.8 Å². The molecule has 2 heterocycles. The van der Waals surface area contributed by atoms with Crippen LogP contribution in [0.1, 0.15) is 10.5 Å². The summed E-state index contributed by atoms with van der Waals surface area (Å²) in [7, 11) is -3.98. The van der Waals surface area contributed by atoms with Crippen molar-refractivity contribution in [3.8, 4) is 0 Å². The first kappa shape index (κ1) is 13.2. The Bertz CT molecular complexity index is 709. The molecule has 0 aliphatic carbocycles. The van der Waals surface area contributed by atoms with Gasteiger partial charge in [0.1, 0.15) is 9.90 Å². The molecule has 0 aliphatic heterocycles. The Morgan fingerprint density at radius 3 is 2.53 bits per heavy atom. The highest BCUT2D eigenvalue weighted by molar-refractivity contribution is 7.93. The van der Waals surface area contributed by atoms with Crippen molar-refractivity contribution in [3.63, 3.8) is 0 Å². The highest BCUT2D eigenvalue weighted by Crippen LogP contribution is 2.23. The molecule has 0 bridgehead atoms. The van der Waals surface area contributed by atoms with Crippen LogP contribution in [0.2, 0.25) is 0 Å². The van der Waals surface area contributed by atoms with Crippen LogP contribution in [0.25, 0.3) is 0 Å². The molecule has 0 atom stereocenters. The molecule has 100 valence electrons. The van der Waals surface area contributed by atoms with E-state index in [-0.39, 0.29) is 21.5 Å². The molecule has 0 saturated heterocycles. The summed E-state index contributed by atoms with van der Waals surface area (Å²) >= 11 is 0.855. The summed E-state index contributed by atoms with van der Waals surface area (Å²) in [5, 5.41) is 8.73. The molecule has 0 unspecified atom stereocenters. The number of rotatable bonds is 4. The van der Waals surface area contributed by atoms with E-state index in [1.165, 1.54) is 5.51 Å². The number of sulfonamides is 1. The van der Waals surface area contributed by atoms with Crippen LogP contribution in [0.5, 0.6) is 0 Å². The smallest absolute Gasteiger partial charge is 0.357 e. The highest BCUT2D eigenvalue weighted by atomic mass is 32.2. The molecule has 11 heteroatoms. The summed E-state index contributed by atoms with van der Waals surface area (Å²) in [5.74, 6) is -1.39. The van der Waals surface area contributed by atoms with Crippen LogP contribution in [0.4, 0.5) is 10.9 Å². The molecule has 4 N–H and O–H groups in total. The van der Waals surface area contributed by atoms with Crippen LogP contribution < -0.4 is 10.5 Å². The summed E-state index contributed by atoms with van der Waals surface area (Å²) in [6.45, 7) is 0. The summed E-state index contributed by atoms with van der Waals surface area (Å²) in [6, 6.07) is 0. The lowest BCUT2D eigenvalue weighted by molar-refractivity contribution is 0.0692. The average molecular weight is 301 g/mol. The third kappa shape index (κ3) is 2.77. The maximum atomic E-state index is 11.9. The van der Waals surface area contributed by atoms with Crippen molar-refractivity contribution in [1.29, 1.82) is 0 Å². The fourth-order valence-corrected chi connectivity index (χ4v) is 3.00. The Kier molecular flexibility index (Phi) is 3.31. The lowest BCUT2D eigenvalue weighted by Crippen LogP contribution is -2.15. The first-order chi connectivity index (χ1) is 8.90. The second-order valence-corrected chi connectivity index (χ2v) is 5.75. The third-order valence-corrected chi connectivity index (χ3v) is 4.13. The van der Waals surface area contributed by atoms with Crippen LogP contribution in [0.3, 0.4) is 0 Å². The number of carboxylic acid groups (broad SMARTS) is 1. The summed E-state index contributed by atoms with van der Waals surface area (Å²) < 4.78 is 26.0. The van der Waals surface area contributed by atoms with E-state index in [0.29, 0.717) is 0 Å². The van der Waals surface area contributed by atoms with Gasteiger partial charge in [0.25, 0.3) is 10.0 Å². The molecule has 9 nitrogen and oxygen atoms in total. The molecule has 0 spiro atoms. The number of aromatic nitrogens is 3. The van der Waals surface area contributed by atoms with Gasteiger partial charge in [0.15, 0.2) is 5.69 Å². The number of nitrogens with two attached hydrogens (primary N) is 1. The summed E-state index contributed by atoms with van der Waals surface area (Å²) in [6.07, 6.45) is 2.04. The zero-order valence-electron chi connectivity index (χ0n) is 9.14. The van der Waals surface area contributed by atoms with E-state index in [4.69, 9.17) is 10.8 Å². The van der Waals surface area contributed by atoms with E-state index in [1.807, 2.05) is 0 Å². The number of nitrogen functional groups attached to an aromatic ring is 1. The van der Waals surface area contributed by atoms with E-state index in [9.17, 15) is 13.2 Å². The number of hydrogen-bond acceptors (Lipinski definition) is 8. The molecule has 0 fully saturated rings. The maximum absolute atomic E-state index is 11.9. The molecule has 2 rings (SSSR count). The Labute approximate surface area is 111 Å². The molecule has 2 aromatic rings. The van der Waals surface area contributed by atoms with Gasteiger partial charge in [-0.3, -0.25) is 4.72 Å². The highest BCUT2D eigenvalue weighted by Gasteiger charge is 2.21. The van der Waals surface area contributed by atoms with Crippen molar-refractivity contribution in [3.05, 3.63) is 23.6 Å². The number of nitrogens with one attached hydrogen (secondary N) is 1. The Balaban J connectivity index is 2.34. The van der Waals surface area contributed by atoms with E-state index in [1.54, 1.807) is 0 Å². The van der Waals surface area contributed by atoms with E-state index < -0.39 is 16.0 Å². The van der Waals surface area contributed by atoms with Gasteiger partial charge in [-0.2, -0.15) is 0 Å². The minimum Gasteiger partial charge on any atom is -0.476 e. The van der Waals surface area contributed by atoms with Gasteiger partial charge in [-0.15, -0.1) is 11.3 Å². The van der Waals surface area contributed by atoms with Gasteiger partial charge in [0.05, 0.1) is 17.9 Å². The van der Waals surface area contributed by atoms with Gasteiger partial charge < -0.3 is 10.8 Å². The second-order valence-electron chi connectivity index (χ2n) is 3.22. The number of thiazole rings is 1. The van der Waals surface area contributed by atoms with E-state index in [2.05, 4.69) is 19.7 Å². The predicted molar refractivity (Wildman–Crippen MR) is 66.3 cm³/mol. The minimum absolute atomic E-state index is 0.0667. The van der Waals surface area contributed by atoms with Crippen LogP contribution >= 0.6 is 11.3 Å². The molecule has 0 aromatic carbocycles. The van der Waals surface area contributed by atoms with E-state index >= 15 is 0 Å². The van der Waals surface area contributed by atoms with Gasteiger partial charge in [-0.25, -0.2) is 28.2 Å². The number of carboxylic acids is 1. The topological polar surface area (TPSA) is 148 Å². The molecular weight excluding hydrogens is 294 g/mol. The molecule has 2 aromatic heterocycles. The predicted octanol–water partition coefficient (Wildman–Crippen LogP) is 0.0143. The van der Waals surface area contributed by atoms with Gasteiger partial charge in [-0.05, 0) is 0 Å². The Morgan fingerprint density at radius 1 is 1.32 bits per heavy atom. The van der Waals surface area contributed by atoms with Crippen LogP contribution in [0, 0.1) is 0 Å². The Hall–Kier alpha value is -2.27. The largest absolute Gasteiger partial charge is 0.476 e. The van der Waals surface area contributed by atoms with Crippen molar-refractivity contribution in [2.75, 3.05) is 10.5 Å². The number of anilines is 2. The number of nitrogens with zero attached hydrogens (tertiary/aromatic N) is 3. The molecule has 0 saturated carbocycles. The fourth-order valence-electron chi connectivity index (χ4n) is 1.12. The second kappa shape index (κ2) is 4.78.